The monoisotopic (exact) mass is 496 g/mol. The normalized spacial score (nSPS) is 16.2. The zero-order valence-corrected chi connectivity index (χ0v) is 20.3. The van der Waals surface area contributed by atoms with E-state index in [9.17, 15) is 26.0 Å². The van der Waals surface area contributed by atoms with Gasteiger partial charge in [-0.3, -0.25) is 0 Å². The number of nitrogens with zero attached hydrogens (tertiary/aromatic N) is 1. The molecule has 1 N–H and O–H groups in total. The molecule has 1 fully saturated rings. The second-order valence-corrected chi connectivity index (χ2v) is 12.2. The Labute approximate surface area is 197 Å². The maximum Gasteiger partial charge on any atom is 0.417 e. The van der Waals surface area contributed by atoms with Crippen LogP contribution in [0.2, 0.25) is 0 Å². The zero-order chi connectivity index (χ0) is 25.1. The molecule has 1 atom stereocenters. The Balaban J connectivity index is 1.86. The fourth-order valence-electron chi connectivity index (χ4n) is 4.30. The minimum atomic E-state index is -4.71. The van der Waals surface area contributed by atoms with Gasteiger partial charge < -0.3 is 4.57 Å². The molecular formula is C25H28F4N2O2S. The van der Waals surface area contributed by atoms with E-state index in [0.29, 0.717) is 30.3 Å². The third-order valence-corrected chi connectivity index (χ3v) is 7.97. The molecule has 0 aliphatic heterocycles. The van der Waals surface area contributed by atoms with E-state index >= 15 is 0 Å². The maximum absolute atomic E-state index is 14.7. The average molecular weight is 497 g/mol. The van der Waals surface area contributed by atoms with E-state index in [2.05, 4.69) is 4.72 Å². The summed E-state index contributed by atoms with van der Waals surface area (Å²) >= 11 is 0. The van der Waals surface area contributed by atoms with Gasteiger partial charge in [-0.05, 0) is 54.5 Å². The highest BCUT2D eigenvalue weighted by Crippen LogP contribution is 2.40. The number of fused-ring (bicyclic) bond motifs is 1. The molecule has 184 valence electrons. The minimum Gasteiger partial charge on any atom is -0.347 e. The van der Waals surface area contributed by atoms with Crippen molar-refractivity contribution in [3.8, 4) is 11.1 Å². The second-order valence-electron chi connectivity index (χ2n) is 10.2. The summed E-state index contributed by atoms with van der Waals surface area (Å²) < 4.78 is 85.2. The number of rotatable bonds is 6. The molecule has 3 aromatic rings. The van der Waals surface area contributed by atoms with Gasteiger partial charge >= 0.3 is 6.18 Å². The molecule has 0 spiro atoms. The number of halogens is 4. The van der Waals surface area contributed by atoms with E-state index in [1.807, 2.05) is 31.5 Å². The van der Waals surface area contributed by atoms with Gasteiger partial charge in [-0.2, -0.15) is 13.2 Å². The molecule has 0 bridgehead atoms. The van der Waals surface area contributed by atoms with Gasteiger partial charge in [0.05, 0.1) is 10.8 Å². The molecule has 0 amide bonds. The van der Waals surface area contributed by atoms with Gasteiger partial charge in [0.25, 0.3) is 0 Å². The van der Waals surface area contributed by atoms with Crippen LogP contribution in [-0.2, 0) is 22.7 Å². The Bertz CT molecular complexity index is 1330. The lowest BCUT2D eigenvalue weighted by Gasteiger charge is -2.20. The number of benzene rings is 2. The largest absolute Gasteiger partial charge is 0.417 e. The molecule has 34 heavy (non-hydrogen) atoms. The Morgan fingerprint density at radius 1 is 1.12 bits per heavy atom. The molecule has 1 aliphatic carbocycles. The Kier molecular flexibility index (Phi) is 6.09. The van der Waals surface area contributed by atoms with Crippen LogP contribution in [0.15, 0.2) is 42.6 Å². The van der Waals surface area contributed by atoms with Crippen molar-refractivity contribution in [3.05, 3.63) is 59.5 Å². The summed E-state index contributed by atoms with van der Waals surface area (Å²) in [4.78, 5) is 0. The van der Waals surface area contributed by atoms with Crippen molar-refractivity contribution in [2.24, 2.45) is 5.41 Å². The smallest absolute Gasteiger partial charge is 0.347 e. The van der Waals surface area contributed by atoms with E-state index in [1.165, 1.54) is 6.07 Å². The van der Waals surface area contributed by atoms with Crippen LogP contribution >= 0.6 is 0 Å². The first-order chi connectivity index (χ1) is 15.7. The molecule has 2 aromatic carbocycles. The first-order valence-corrected chi connectivity index (χ1v) is 12.7. The zero-order valence-electron chi connectivity index (χ0n) is 19.5. The van der Waals surface area contributed by atoms with E-state index in [0.717, 1.165) is 23.8 Å². The van der Waals surface area contributed by atoms with Crippen molar-refractivity contribution in [2.45, 2.75) is 64.5 Å². The van der Waals surface area contributed by atoms with E-state index in [1.54, 1.807) is 19.1 Å². The highest BCUT2D eigenvalue weighted by molar-refractivity contribution is 7.90. The third kappa shape index (κ3) is 5.00. The van der Waals surface area contributed by atoms with Crippen molar-refractivity contribution in [1.29, 1.82) is 0 Å². The van der Waals surface area contributed by atoms with Crippen molar-refractivity contribution in [2.75, 3.05) is 0 Å². The van der Waals surface area contributed by atoms with Crippen LogP contribution in [0.25, 0.3) is 22.0 Å². The fraction of sp³-hybridized carbons (Fsp3) is 0.440. The van der Waals surface area contributed by atoms with Gasteiger partial charge in [0, 0.05) is 35.2 Å². The molecular weight excluding hydrogens is 468 g/mol. The predicted octanol–water partition coefficient (Wildman–Crippen LogP) is 6.66. The maximum atomic E-state index is 14.7. The SMILES string of the molecule is C[C@@H](NS(=O)(=O)C1CC1)c1cn(CC(C)(C)C)c2cc(-c3c(F)cccc3C(F)(F)F)ccc12. The summed E-state index contributed by atoms with van der Waals surface area (Å²) in [6.07, 6.45) is -1.59. The summed E-state index contributed by atoms with van der Waals surface area (Å²) in [5.41, 5.74) is -0.235. The molecule has 1 aliphatic rings. The molecule has 0 saturated heterocycles. The quantitative estimate of drug-likeness (QED) is 0.388. The number of aromatic nitrogens is 1. The third-order valence-electron chi connectivity index (χ3n) is 5.94. The van der Waals surface area contributed by atoms with Gasteiger partial charge in [-0.25, -0.2) is 17.5 Å². The highest BCUT2D eigenvalue weighted by atomic mass is 32.2. The summed E-state index contributed by atoms with van der Waals surface area (Å²) in [5, 5.41) is 0.343. The van der Waals surface area contributed by atoms with Crippen LogP contribution in [0.4, 0.5) is 17.6 Å². The van der Waals surface area contributed by atoms with Crippen molar-refractivity contribution >= 4 is 20.9 Å². The molecule has 1 heterocycles. The summed E-state index contributed by atoms with van der Waals surface area (Å²) in [5.74, 6) is -0.950. The van der Waals surface area contributed by atoms with Crippen molar-refractivity contribution in [1.82, 2.24) is 9.29 Å². The van der Waals surface area contributed by atoms with Crippen LogP contribution in [0, 0.1) is 11.2 Å². The van der Waals surface area contributed by atoms with Gasteiger partial charge in [-0.1, -0.05) is 39.0 Å². The summed E-state index contributed by atoms with van der Waals surface area (Å²) in [7, 11) is -3.44. The van der Waals surface area contributed by atoms with E-state index < -0.39 is 39.2 Å². The lowest BCUT2D eigenvalue weighted by molar-refractivity contribution is -0.137. The Morgan fingerprint density at radius 2 is 1.79 bits per heavy atom. The predicted molar refractivity (Wildman–Crippen MR) is 125 cm³/mol. The minimum absolute atomic E-state index is 0.115. The number of alkyl halides is 3. The van der Waals surface area contributed by atoms with Gasteiger partial charge in [-0.15, -0.1) is 0 Å². The molecule has 4 nitrogen and oxygen atoms in total. The lowest BCUT2D eigenvalue weighted by atomic mass is 9.96. The molecule has 0 unspecified atom stereocenters. The number of nitrogens with one attached hydrogen (secondary N) is 1. The van der Waals surface area contributed by atoms with Crippen LogP contribution in [0.1, 0.15) is 57.7 Å². The van der Waals surface area contributed by atoms with E-state index in [-0.39, 0.29) is 16.2 Å². The highest BCUT2D eigenvalue weighted by Gasteiger charge is 2.37. The number of hydrogen-bond acceptors (Lipinski definition) is 2. The molecule has 1 saturated carbocycles. The topological polar surface area (TPSA) is 51.1 Å². The fourth-order valence-corrected chi connectivity index (χ4v) is 5.87. The van der Waals surface area contributed by atoms with E-state index in [4.69, 9.17) is 0 Å². The average Bonchev–Trinajstić information content (AvgIpc) is 3.50. The van der Waals surface area contributed by atoms with Gasteiger partial charge in [0.15, 0.2) is 0 Å². The lowest BCUT2D eigenvalue weighted by Crippen LogP contribution is -2.29. The molecule has 9 heteroatoms. The van der Waals surface area contributed by atoms with Crippen LogP contribution in [0.5, 0.6) is 0 Å². The van der Waals surface area contributed by atoms with Crippen LogP contribution in [-0.4, -0.2) is 18.2 Å². The molecule has 1 aromatic heterocycles. The Morgan fingerprint density at radius 3 is 2.38 bits per heavy atom. The van der Waals surface area contributed by atoms with Gasteiger partial charge in [0.2, 0.25) is 10.0 Å². The second kappa shape index (κ2) is 8.37. The first-order valence-electron chi connectivity index (χ1n) is 11.2. The Hall–Kier alpha value is -2.39. The standard InChI is InChI=1S/C25H28F4N2O2S/c1-15(30-34(32,33)17-9-10-17)19-13-31(14-24(2,3)4)22-12-16(8-11-18(19)22)23-20(25(27,28)29)6-5-7-21(23)26/h5-8,11-13,15,17,30H,9-10,14H2,1-4H3/t15-/m1/s1. The van der Waals surface area contributed by atoms with Crippen LogP contribution in [0.3, 0.4) is 0 Å². The first kappa shape index (κ1) is 24.7. The van der Waals surface area contributed by atoms with Crippen molar-refractivity contribution in [3.63, 3.8) is 0 Å². The van der Waals surface area contributed by atoms with Crippen molar-refractivity contribution < 1.29 is 26.0 Å². The van der Waals surface area contributed by atoms with Gasteiger partial charge in [0.1, 0.15) is 5.82 Å². The number of hydrogen-bond donors (Lipinski definition) is 1. The summed E-state index contributed by atoms with van der Waals surface area (Å²) in [6.45, 7) is 8.38. The summed E-state index contributed by atoms with van der Waals surface area (Å²) in [6, 6.07) is 7.07. The number of sulfonamides is 1. The molecule has 4 rings (SSSR count). The van der Waals surface area contributed by atoms with Crippen LogP contribution < -0.4 is 4.72 Å². The molecule has 0 radical (unpaired) electrons.